The maximum atomic E-state index is 12.0. The van der Waals surface area contributed by atoms with Crippen LogP contribution in [0.15, 0.2) is 54.6 Å². The number of hydrogen-bond donors (Lipinski definition) is 3. The molecular formula is C18H22N2O4S. The fourth-order valence-corrected chi connectivity index (χ4v) is 3.09. The molecule has 0 aromatic heterocycles. The molecule has 0 spiro atoms. The van der Waals surface area contributed by atoms with Crippen LogP contribution in [0.3, 0.4) is 0 Å². The number of rotatable bonds is 7. The fraction of sp³-hybridized carbons (Fsp3) is 0.278. The first kappa shape index (κ1) is 19.1. The lowest BCUT2D eigenvalue weighted by atomic mass is 9.85. The van der Waals surface area contributed by atoms with Crippen LogP contribution in [0.2, 0.25) is 0 Å². The summed E-state index contributed by atoms with van der Waals surface area (Å²) in [4.78, 5) is 12.0. The van der Waals surface area contributed by atoms with Gasteiger partial charge in [0.05, 0.1) is 5.25 Å². The Hall–Kier alpha value is -2.22. The van der Waals surface area contributed by atoms with Gasteiger partial charge in [0.25, 0.3) is 5.91 Å². The van der Waals surface area contributed by atoms with Gasteiger partial charge in [0, 0.05) is 6.54 Å². The Morgan fingerprint density at radius 3 is 2.28 bits per heavy atom. The summed E-state index contributed by atoms with van der Waals surface area (Å²) in [6.07, 6.45) is 0. The zero-order chi connectivity index (χ0) is 18.7. The van der Waals surface area contributed by atoms with Crippen LogP contribution in [-0.2, 0) is 27.0 Å². The van der Waals surface area contributed by atoms with E-state index in [0.717, 1.165) is 0 Å². The van der Waals surface area contributed by atoms with Gasteiger partial charge in [-0.2, -0.15) is 0 Å². The van der Waals surface area contributed by atoms with Crippen LogP contribution in [0.1, 0.15) is 30.5 Å². The van der Waals surface area contributed by atoms with Gasteiger partial charge in [-0.1, -0.05) is 54.6 Å². The molecule has 0 heterocycles. The highest BCUT2D eigenvalue weighted by Gasteiger charge is 2.38. The molecule has 0 saturated carbocycles. The van der Waals surface area contributed by atoms with Crippen LogP contribution in [0.25, 0.3) is 0 Å². The largest absolute Gasteiger partial charge is 0.372 e. The third kappa shape index (κ3) is 4.07. The summed E-state index contributed by atoms with van der Waals surface area (Å²) >= 11 is 0. The van der Waals surface area contributed by atoms with Crippen molar-refractivity contribution < 1.29 is 18.3 Å². The predicted octanol–water partition coefficient (Wildman–Crippen LogP) is 1.24. The Kier molecular flexibility index (Phi) is 5.62. The van der Waals surface area contributed by atoms with Crippen molar-refractivity contribution in [1.29, 1.82) is 0 Å². The van der Waals surface area contributed by atoms with Gasteiger partial charge in [-0.25, -0.2) is 13.1 Å². The Morgan fingerprint density at radius 1 is 1.12 bits per heavy atom. The lowest BCUT2D eigenvalue weighted by Gasteiger charge is -2.26. The van der Waals surface area contributed by atoms with Crippen molar-refractivity contribution in [2.75, 3.05) is 0 Å². The molecule has 134 valence electrons. The zero-order valence-corrected chi connectivity index (χ0v) is 15.0. The van der Waals surface area contributed by atoms with Crippen molar-refractivity contribution in [2.45, 2.75) is 31.2 Å². The van der Waals surface area contributed by atoms with Gasteiger partial charge in [-0.05, 0) is 30.5 Å². The van der Waals surface area contributed by atoms with Crippen molar-refractivity contribution in [3.8, 4) is 0 Å². The van der Waals surface area contributed by atoms with E-state index in [0.29, 0.717) is 11.1 Å². The highest BCUT2D eigenvalue weighted by atomic mass is 32.2. The molecule has 1 atom stereocenters. The molecule has 0 aliphatic heterocycles. The van der Waals surface area contributed by atoms with E-state index >= 15 is 0 Å². The first-order chi connectivity index (χ1) is 11.7. The van der Waals surface area contributed by atoms with Gasteiger partial charge in [-0.3, -0.25) is 4.79 Å². The quantitative estimate of drug-likeness (QED) is 0.688. The van der Waals surface area contributed by atoms with E-state index in [1.165, 1.54) is 0 Å². The van der Waals surface area contributed by atoms with Crippen molar-refractivity contribution in [1.82, 2.24) is 4.72 Å². The summed E-state index contributed by atoms with van der Waals surface area (Å²) < 4.78 is 26.3. The molecular weight excluding hydrogens is 340 g/mol. The molecule has 2 aromatic rings. The molecule has 7 heteroatoms. The van der Waals surface area contributed by atoms with Crippen molar-refractivity contribution in [2.24, 2.45) is 5.73 Å². The van der Waals surface area contributed by atoms with Crippen LogP contribution < -0.4 is 10.5 Å². The molecule has 2 rings (SSSR count). The SMILES string of the molecule is CC(C)S(=O)(=O)NCc1cccc(C(O)(C(N)=O)c2ccccc2)c1. The first-order valence-corrected chi connectivity index (χ1v) is 9.38. The van der Waals surface area contributed by atoms with Crippen LogP contribution in [-0.4, -0.2) is 24.7 Å². The third-order valence-corrected chi connectivity index (χ3v) is 5.78. The number of hydrogen-bond acceptors (Lipinski definition) is 4. The molecule has 0 radical (unpaired) electrons. The van der Waals surface area contributed by atoms with Crippen molar-refractivity contribution in [3.63, 3.8) is 0 Å². The summed E-state index contributed by atoms with van der Waals surface area (Å²) in [5, 5.41) is 10.4. The molecule has 6 nitrogen and oxygen atoms in total. The number of benzene rings is 2. The van der Waals surface area contributed by atoms with Gasteiger partial charge in [0.15, 0.2) is 5.60 Å². The molecule has 0 aliphatic rings. The highest BCUT2D eigenvalue weighted by molar-refractivity contribution is 7.90. The smallest absolute Gasteiger partial charge is 0.258 e. The normalized spacial score (nSPS) is 14.2. The van der Waals surface area contributed by atoms with E-state index in [-0.39, 0.29) is 12.1 Å². The number of nitrogens with two attached hydrogens (primary N) is 1. The van der Waals surface area contributed by atoms with Crippen LogP contribution in [0.5, 0.6) is 0 Å². The average Bonchev–Trinajstić information content (AvgIpc) is 2.60. The lowest BCUT2D eigenvalue weighted by molar-refractivity contribution is -0.133. The number of amides is 1. The first-order valence-electron chi connectivity index (χ1n) is 7.83. The summed E-state index contributed by atoms with van der Waals surface area (Å²) in [5.74, 6) is -0.904. The summed E-state index contributed by atoms with van der Waals surface area (Å²) in [6, 6.07) is 14.9. The van der Waals surface area contributed by atoms with E-state index in [4.69, 9.17) is 5.73 Å². The molecule has 0 saturated heterocycles. The zero-order valence-electron chi connectivity index (χ0n) is 14.1. The molecule has 1 unspecified atom stereocenters. The summed E-state index contributed by atoms with van der Waals surface area (Å²) in [5.41, 5.74) is 4.72. The second kappa shape index (κ2) is 7.35. The second-order valence-corrected chi connectivity index (χ2v) is 8.38. The van der Waals surface area contributed by atoms with Crippen LogP contribution in [0.4, 0.5) is 0 Å². The molecule has 2 aromatic carbocycles. The molecule has 0 bridgehead atoms. The van der Waals surface area contributed by atoms with Crippen molar-refractivity contribution in [3.05, 3.63) is 71.3 Å². The average molecular weight is 362 g/mol. The third-order valence-electron chi connectivity index (χ3n) is 3.99. The fourth-order valence-electron chi connectivity index (χ4n) is 2.39. The van der Waals surface area contributed by atoms with Gasteiger partial charge >= 0.3 is 0 Å². The van der Waals surface area contributed by atoms with E-state index in [9.17, 15) is 18.3 Å². The molecule has 1 amide bonds. The van der Waals surface area contributed by atoms with Crippen LogP contribution >= 0.6 is 0 Å². The summed E-state index contributed by atoms with van der Waals surface area (Å²) in [6.45, 7) is 3.22. The van der Waals surface area contributed by atoms with Crippen molar-refractivity contribution >= 4 is 15.9 Å². The minimum Gasteiger partial charge on any atom is -0.372 e. The highest BCUT2D eigenvalue weighted by Crippen LogP contribution is 2.30. The Bertz CT molecular complexity index is 850. The molecule has 0 fully saturated rings. The minimum absolute atomic E-state index is 0.0536. The topological polar surface area (TPSA) is 109 Å². The van der Waals surface area contributed by atoms with Gasteiger partial charge in [-0.15, -0.1) is 0 Å². The van der Waals surface area contributed by atoms with Gasteiger partial charge < -0.3 is 10.8 Å². The van der Waals surface area contributed by atoms with E-state index in [1.54, 1.807) is 68.4 Å². The Labute approximate surface area is 147 Å². The maximum Gasteiger partial charge on any atom is 0.258 e. The standard InChI is InChI=1S/C18H22N2O4S/c1-13(2)25(23,24)20-12-14-7-6-10-16(11-14)18(22,17(19)21)15-8-4-3-5-9-15/h3-11,13,20,22H,12H2,1-2H3,(H2,19,21). The van der Waals surface area contributed by atoms with Gasteiger partial charge in [0.2, 0.25) is 10.0 Å². The number of sulfonamides is 1. The summed E-state index contributed by atoms with van der Waals surface area (Å²) in [7, 11) is -3.42. The lowest BCUT2D eigenvalue weighted by Crippen LogP contribution is -2.42. The van der Waals surface area contributed by atoms with E-state index in [2.05, 4.69) is 4.72 Å². The van der Waals surface area contributed by atoms with E-state index < -0.39 is 26.8 Å². The Balaban J connectivity index is 2.37. The monoisotopic (exact) mass is 362 g/mol. The number of aliphatic hydroxyl groups is 1. The second-order valence-electron chi connectivity index (χ2n) is 6.06. The maximum absolute atomic E-state index is 12.0. The van der Waals surface area contributed by atoms with Gasteiger partial charge in [0.1, 0.15) is 0 Å². The minimum atomic E-state index is -3.42. The number of nitrogens with one attached hydrogen (secondary N) is 1. The predicted molar refractivity (Wildman–Crippen MR) is 96.0 cm³/mol. The van der Waals surface area contributed by atoms with Crippen LogP contribution in [0, 0.1) is 0 Å². The number of carbonyl (C=O) groups excluding carboxylic acids is 1. The Morgan fingerprint density at radius 2 is 1.72 bits per heavy atom. The molecule has 25 heavy (non-hydrogen) atoms. The number of carbonyl (C=O) groups is 1. The molecule has 4 N–H and O–H groups in total. The van der Waals surface area contributed by atoms with E-state index in [1.807, 2.05) is 0 Å². The molecule has 0 aliphatic carbocycles. The number of primary amides is 1.